The van der Waals surface area contributed by atoms with Gasteiger partial charge in [0.05, 0.1) is 11.7 Å². The van der Waals surface area contributed by atoms with Crippen LogP contribution in [0.15, 0.2) is 11.1 Å². The topological polar surface area (TPSA) is 55.2 Å². The third kappa shape index (κ3) is 3.12. The number of likely N-dealkylation sites (tertiary alicyclic amines) is 1. The van der Waals surface area contributed by atoms with E-state index in [-0.39, 0.29) is 18.0 Å². The Kier molecular flexibility index (Phi) is 4.40. The van der Waals surface area contributed by atoms with Gasteiger partial charge in [0.15, 0.2) is 0 Å². The molecule has 1 fully saturated rings. The molecule has 0 bridgehead atoms. The molecule has 1 aliphatic carbocycles. The normalized spacial score (nSPS) is 23.7. The summed E-state index contributed by atoms with van der Waals surface area (Å²) >= 11 is 1.65. The summed E-state index contributed by atoms with van der Waals surface area (Å²) in [6.45, 7) is 6.15. The molecule has 0 aromatic carbocycles. The number of nitrogens with zero attached hydrogens (tertiary/aromatic N) is 3. The Hall–Kier alpha value is -1.69. The number of carbonyl (C=O) groups excluding carboxylic acids is 1. The molecule has 134 valence electrons. The zero-order chi connectivity index (χ0) is 17.6. The fraction of sp³-hybridized carbons (Fsp3) is 0.632. The second-order valence-corrected chi connectivity index (χ2v) is 8.88. The molecule has 6 heteroatoms. The molecule has 2 aromatic rings. The van der Waals surface area contributed by atoms with Crippen molar-refractivity contribution < 1.29 is 4.79 Å². The predicted octanol–water partition coefficient (Wildman–Crippen LogP) is 2.84. The maximum Gasteiger partial charge on any atom is 0.262 e. The van der Waals surface area contributed by atoms with Gasteiger partial charge in [-0.2, -0.15) is 0 Å². The van der Waals surface area contributed by atoms with E-state index in [0.29, 0.717) is 11.8 Å². The molecule has 2 aliphatic rings. The summed E-state index contributed by atoms with van der Waals surface area (Å²) in [7, 11) is 0. The standard InChI is InChI=1S/C19H25N3O2S/c1-12-5-6-14-15(8-12)25-18-17(14)19(24)22(11-20-18)10-16(23)21-7-3-4-13(2)9-21/h11-13H,3-10H2,1-2H3/t12-,13-/m0/s1. The van der Waals surface area contributed by atoms with Gasteiger partial charge >= 0.3 is 0 Å². The summed E-state index contributed by atoms with van der Waals surface area (Å²) in [6.07, 6.45) is 6.90. The molecule has 0 N–H and O–H groups in total. The van der Waals surface area contributed by atoms with E-state index in [9.17, 15) is 9.59 Å². The highest BCUT2D eigenvalue weighted by atomic mass is 32.1. The summed E-state index contributed by atoms with van der Waals surface area (Å²) in [5.41, 5.74) is 1.14. The number of carbonyl (C=O) groups is 1. The minimum atomic E-state index is -0.0459. The Morgan fingerprint density at radius 2 is 2.16 bits per heavy atom. The van der Waals surface area contributed by atoms with Gasteiger partial charge in [0.25, 0.3) is 5.56 Å². The molecule has 25 heavy (non-hydrogen) atoms. The Morgan fingerprint density at radius 1 is 1.32 bits per heavy atom. The molecule has 1 amide bonds. The molecule has 0 saturated carbocycles. The van der Waals surface area contributed by atoms with E-state index in [2.05, 4.69) is 18.8 Å². The number of amides is 1. The fourth-order valence-electron chi connectivity index (χ4n) is 4.14. The molecule has 2 atom stereocenters. The minimum Gasteiger partial charge on any atom is -0.341 e. The van der Waals surface area contributed by atoms with Crippen molar-refractivity contribution in [1.29, 1.82) is 0 Å². The third-order valence-electron chi connectivity index (χ3n) is 5.60. The zero-order valence-electron chi connectivity index (χ0n) is 15.0. The number of rotatable bonds is 2. The molecule has 1 saturated heterocycles. The number of thiophene rings is 1. The fourth-order valence-corrected chi connectivity index (χ4v) is 5.48. The predicted molar refractivity (Wildman–Crippen MR) is 100 cm³/mol. The SMILES string of the molecule is C[C@H]1CCc2c(sc3ncn(CC(=O)N4CCC[C@H](C)C4)c(=O)c23)C1. The Balaban J connectivity index is 1.63. The van der Waals surface area contributed by atoms with Gasteiger partial charge in [-0.25, -0.2) is 4.98 Å². The molecule has 3 heterocycles. The smallest absolute Gasteiger partial charge is 0.262 e. The van der Waals surface area contributed by atoms with E-state index in [0.717, 1.165) is 49.0 Å². The molecule has 0 unspecified atom stereocenters. The Bertz CT molecular complexity index is 869. The lowest BCUT2D eigenvalue weighted by Gasteiger charge is -2.31. The van der Waals surface area contributed by atoms with Crippen molar-refractivity contribution in [3.63, 3.8) is 0 Å². The lowest BCUT2D eigenvalue weighted by atomic mass is 9.89. The van der Waals surface area contributed by atoms with Crippen LogP contribution >= 0.6 is 11.3 Å². The highest BCUT2D eigenvalue weighted by molar-refractivity contribution is 7.18. The second kappa shape index (κ2) is 6.56. The molecule has 1 aliphatic heterocycles. The largest absolute Gasteiger partial charge is 0.341 e. The first-order chi connectivity index (χ1) is 12.0. The van der Waals surface area contributed by atoms with E-state index in [1.807, 2.05) is 4.90 Å². The van der Waals surface area contributed by atoms with Gasteiger partial charge in [-0.15, -0.1) is 11.3 Å². The van der Waals surface area contributed by atoms with Gasteiger partial charge in [-0.1, -0.05) is 13.8 Å². The number of hydrogen-bond acceptors (Lipinski definition) is 4. The van der Waals surface area contributed by atoms with Gasteiger partial charge in [0, 0.05) is 18.0 Å². The van der Waals surface area contributed by atoms with Crippen LogP contribution in [-0.4, -0.2) is 33.4 Å². The molecular formula is C19H25N3O2S. The maximum atomic E-state index is 13.0. The first-order valence-electron chi connectivity index (χ1n) is 9.30. The van der Waals surface area contributed by atoms with Gasteiger partial charge in [0.2, 0.25) is 5.91 Å². The van der Waals surface area contributed by atoms with Crippen molar-refractivity contribution in [2.24, 2.45) is 11.8 Å². The summed E-state index contributed by atoms with van der Waals surface area (Å²) in [6, 6.07) is 0. The maximum absolute atomic E-state index is 13.0. The lowest BCUT2D eigenvalue weighted by molar-refractivity contribution is -0.133. The van der Waals surface area contributed by atoms with Crippen LogP contribution in [0.2, 0.25) is 0 Å². The molecular weight excluding hydrogens is 334 g/mol. The van der Waals surface area contributed by atoms with E-state index >= 15 is 0 Å². The molecule has 5 nitrogen and oxygen atoms in total. The number of aromatic nitrogens is 2. The van der Waals surface area contributed by atoms with Crippen LogP contribution in [0, 0.1) is 11.8 Å². The Labute approximate surface area is 151 Å². The second-order valence-electron chi connectivity index (χ2n) is 7.80. The monoisotopic (exact) mass is 359 g/mol. The average Bonchev–Trinajstić information content (AvgIpc) is 2.95. The quantitative estimate of drug-likeness (QED) is 0.828. The third-order valence-corrected chi connectivity index (χ3v) is 6.76. The molecule has 4 rings (SSSR count). The van der Waals surface area contributed by atoms with E-state index in [1.165, 1.54) is 21.4 Å². The average molecular weight is 359 g/mol. The van der Waals surface area contributed by atoms with Crippen LogP contribution < -0.4 is 5.56 Å². The first kappa shape index (κ1) is 16.8. The van der Waals surface area contributed by atoms with Crippen molar-refractivity contribution in [3.8, 4) is 0 Å². The van der Waals surface area contributed by atoms with Crippen LogP contribution in [0.4, 0.5) is 0 Å². The van der Waals surface area contributed by atoms with E-state index < -0.39 is 0 Å². The van der Waals surface area contributed by atoms with Crippen molar-refractivity contribution in [2.75, 3.05) is 13.1 Å². The zero-order valence-corrected chi connectivity index (χ0v) is 15.8. The highest BCUT2D eigenvalue weighted by Crippen LogP contribution is 2.35. The van der Waals surface area contributed by atoms with Gasteiger partial charge in [-0.05, 0) is 49.5 Å². The molecule has 0 spiro atoms. The summed E-state index contributed by atoms with van der Waals surface area (Å²) in [5.74, 6) is 1.25. The lowest BCUT2D eigenvalue weighted by Crippen LogP contribution is -2.42. The van der Waals surface area contributed by atoms with Crippen LogP contribution in [0.25, 0.3) is 10.2 Å². The number of piperidine rings is 1. The molecule has 2 aromatic heterocycles. The number of fused-ring (bicyclic) bond motifs is 3. The first-order valence-corrected chi connectivity index (χ1v) is 10.1. The van der Waals surface area contributed by atoms with Gasteiger partial charge in [-0.3, -0.25) is 14.2 Å². The van der Waals surface area contributed by atoms with E-state index in [4.69, 9.17) is 0 Å². The number of hydrogen-bond donors (Lipinski definition) is 0. The summed E-state index contributed by atoms with van der Waals surface area (Å²) in [4.78, 5) is 34.1. The number of aryl methyl sites for hydroxylation is 1. The summed E-state index contributed by atoms with van der Waals surface area (Å²) in [5, 5.41) is 0.759. The van der Waals surface area contributed by atoms with Gasteiger partial charge in [0.1, 0.15) is 11.4 Å². The minimum absolute atomic E-state index is 0.0347. The van der Waals surface area contributed by atoms with E-state index in [1.54, 1.807) is 17.7 Å². The Morgan fingerprint density at radius 3 is 2.96 bits per heavy atom. The van der Waals surface area contributed by atoms with Crippen LogP contribution in [0.1, 0.15) is 43.6 Å². The van der Waals surface area contributed by atoms with Crippen molar-refractivity contribution in [3.05, 3.63) is 27.1 Å². The van der Waals surface area contributed by atoms with Crippen molar-refractivity contribution in [1.82, 2.24) is 14.5 Å². The molecule has 0 radical (unpaired) electrons. The van der Waals surface area contributed by atoms with Crippen LogP contribution in [-0.2, 0) is 24.2 Å². The van der Waals surface area contributed by atoms with Crippen LogP contribution in [0.5, 0.6) is 0 Å². The summed E-state index contributed by atoms with van der Waals surface area (Å²) < 4.78 is 1.51. The van der Waals surface area contributed by atoms with Crippen LogP contribution in [0.3, 0.4) is 0 Å². The highest BCUT2D eigenvalue weighted by Gasteiger charge is 2.25. The van der Waals surface area contributed by atoms with Crippen molar-refractivity contribution in [2.45, 2.75) is 52.5 Å². The van der Waals surface area contributed by atoms with Gasteiger partial charge < -0.3 is 4.90 Å². The van der Waals surface area contributed by atoms with Crippen molar-refractivity contribution >= 4 is 27.5 Å².